The van der Waals surface area contributed by atoms with Gasteiger partial charge in [-0.05, 0) is 13.3 Å². The first-order valence-corrected chi connectivity index (χ1v) is 5.65. The number of rotatable bonds is 9. The fourth-order valence-corrected chi connectivity index (χ4v) is 1.28. The van der Waals surface area contributed by atoms with Gasteiger partial charge in [-0.25, -0.2) is 4.79 Å². The zero-order valence-corrected chi connectivity index (χ0v) is 9.83. The van der Waals surface area contributed by atoms with Gasteiger partial charge in [0.2, 0.25) is 0 Å². The molecule has 0 heterocycles. The second-order valence-electron chi connectivity index (χ2n) is 3.36. The molecule has 0 bridgehead atoms. The van der Waals surface area contributed by atoms with Crippen molar-refractivity contribution in [2.45, 2.75) is 45.6 Å². The van der Waals surface area contributed by atoms with Crippen LogP contribution in [0.25, 0.3) is 0 Å². The van der Waals surface area contributed by atoms with Crippen LogP contribution in [0.3, 0.4) is 0 Å². The molecule has 0 aromatic rings. The zero-order valence-electron chi connectivity index (χ0n) is 9.83. The Bertz CT molecular complexity index is 178. The van der Waals surface area contributed by atoms with Crippen LogP contribution >= 0.6 is 0 Å². The van der Waals surface area contributed by atoms with E-state index in [-0.39, 0.29) is 12.6 Å². The number of carbonyl (C=O) groups excluding carboxylic acids is 1. The number of hydrogen-bond donors (Lipinski definition) is 0. The van der Waals surface area contributed by atoms with Gasteiger partial charge in [0.05, 0.1) is 0 Å². The Morgan fingerprint density at radius 1 is 1.40 bits per heavy atom. The molecule has 0 amide bonds. The summed E-state index contributed by atoms with van der Waals surface area (Å²) in [5, 5.41) is 0. The third kappa shape index (κ3) is 7.14. The predicted molar refractivity (Wildman–Crippen MR) is 60.7 cm³/mol. The van der Waals surface area contributed by atoms with E-state index in [0.717, 1.165) is 25.7 Å². The number of unbranched alkanes of at least 4 members (excludes halogenated alkanes) is 2. The van der Waals surface area contributed by atoms with Crippen LogP contribution in [-0.4, -0.2) is 25.3 Å². The molecule has 0 N–H and O–H groups in total. The van der Waals surface area contributed by atoms with E-state index in [1.807, 2.05) is 6.92 Å². The van der Waals surface area contributed by atoms with Gasteiger partial charge >= 0.3 is 5.97 Å². The van der Waals surface area contributed by atoms with E-state index in [1.165, 1.54) is 0 Å². The number of esters is 1. The maximum absolute atomic E-state index is 11.5. The second kappa shape index (κ2) is 9.71. The van der Waals surface area contributed by atoms with Gasteiger partial charge < -0.3 is 9.47 Å². The molecule has 0 aliphatic heterocycles. The van der Waals surface area contributed by atoms with E-state index in [0.29, 0.717) is 6.61 Å². The molecule has 0 fully saturated rings. The Hall–Kier alpha value is -0.830. The standard InChI is InChI=1S/C12H22O3/c1-4-7-8-9-11(14-6-3)12(13)15-10-5-2/h5,11H,2,4,6-10H2,1,3H3. The lowest BCUT2D eigenvalue weighted by molar-refractivity contribution is -0.156. The molecule has 0 spiro atoms. The van der Waals surface area contributed by atoms with Crippen molar-refractivity contribution in [3.05, 3.63) is 12.7 Å². The predicted octanol–water partition coefficient (Wildman–Crippen LogP) is 2.70. The third-order valence-electron chi connectivity index (χ3n) is 2.04. The molecule has 0 aliphatic rings. The molecule has 88 valence electrons. The highest BCUT2D eigenvalue weighted by molar-refractivity contribution is 5.74. The molecule has 3 heteroatoms. The van der Waals surface area contributed by atoms with Crippen molar-refractivity contribution in [1.29, 1.82) is 0 Å². The van der Waals surface area contributed by atoms with Gasteiger partial charge in [-0.3, -0.25) is 0 Å². The van der Waals surface area contributed by atoms with Crippen molar-refractivity contribution < 1.29 is 14.3 Å². The Morgan fingerprint density at radius 2 is 2.13 bits per heavy atom. The van der Waals surface area contributed by atoms with Crippen LogP contribution in [-0.2, 0) is 14.3 Å². The van der Waals surface area contributed by atoms with E-state index in [9.17, 15) is 4.79 Å². The summed E-state index contributed by atoms with van der Waals surface area (Å²) in [4.78, 5) is 11.5. The van der Waals surface area contributed by atoms with Crippen molar-refractivity contribution >= 4 is 5.97 Å². The lowest BCUT2D eigenvalue weighted by Gasteiger charge is -2.14. The van der Waals surface area contributed by atoms with Crippen molar-refractivity contribution in [3.8, 4) is 0 Å². The van der Waals surface area contributed by atoms with Crippen molar-refractivity contribution in [1.82, 2.24) is 0 Å². The highest BCUT2D eigenvalue weighted by Crippen LogP contribution is 2.08. The van der Waals surface area contributed by atoms with Gasteiger partial charge in [-0.2, -0.15) is 0 Å². The SMILES string of the molecule is C=CCOC(=O)C(CCCCC)OCC. The van der Waals surface area contributed by atoms with E-state index in [2.05, 4.69) is 13.5 Å². The fraction of sp³-hybridized carbons (Fsp3) is 0.750. The number of ether oxygens (including phenoxy) is 2. The first-order valence-electron chi connectivity index (χ1n) is 5.65. The minimum Gasteiger partial charge on any atom is -0.460 e. The third-order valence-corrected chi connectivity index (χ3v) is 2.04. The molecule has 1 unspecified atom stereocenters. The van der Waals surface area contributed by atoms with E-state index in [4.69, 9.17) is 9.47 Å². The van der Waals surface area contributed by atoms with Crippen molar-refractivity contribution in [2.75, 3.05) is 13.2 Å². The summed E-state index contributed by atoms with van der Waals surface area (Å²) >= 11 is 0. The monoisotopic (exact) mass is 214 g/mol. The average molecular weight is 214 g/mol. The zero-order chi connectivity index (χ0) is 11.5. The van der Waals surface area contributed by atoms with Gasteiger partial charge in [0.1, 0.15) is 6.61 Å². The van der Waals surface area contributed by atoms with Gasteiger partial charge in [0.25, 0.3) is 0 Å². The summed E-state index contributed by atoms with van der Waals surface area (Å²) in [6, 6.07) is 0. The molecule has 0 aromatic carbocycles. The van der Waals surface area contributed by atoms with Gasteiger partial charge in [0, 0.05) is 6.61 Å². The Balaban J connectivity index is 3.88. The van der Waals surface area contributed by atoms with E-state index < -0.39 is 6.10 Å². The quantitative estimate of drug-likeness (QED) is 0.336. The minimum atomic E-state index is -0.401. The Kier molecular flexibility index (Phi) is 9.18. The fourth-order valence-electron chi connectivity index (χ4n) is 1.28. The van der Waals surface area contributed by atoms with Gasteiger partial charge in [0.15, 0.2) is 6.10 Å². The molecule has 0 aliphatic carbocycles. The maximum Gasteiger partial charge on any atom is 0.335 e. The molecule has 1 atom stereocenters. The molecule has 0 saturated heterocycles. The number of carbonyl (C=O) groups is 1. The van der Waals surface area contributed by atoms with Gasteiger partial charge in [-0.1, -0.05) is 38.8 Å². The molecule has 0 radical (unpaired) electrons. The lowest BCUT2D eigenvalue weighted by Crippen LogP contribution is -2.26. The maximum atomic E-state index is 11.5. The van der Waals surface area contributed by atoms with Crippen molar-refractivity contribution in [3.63, 3.8) is 0 Å². The van der Waals surface area contributed by atoms with Crippen LogP contribution in [0.1, 0.15) is 39.5 Å². The highest BCUT2D eigenvalue weighted by atomic mass is 16.6. The molecule has 15 heavy (non-hydrogen) atoms. The highest BCUT2D eigenvalue weighted by Gasteiger charge is 2.18. The first kappa shape index (κ1) is 14.2. The van der Waals surface area contributed by atoms with E-state index in [1.54, 1.807) is 6.08 Å². The van der Waals surface area contributed by atoms with Crippen LogP contribution in [0.5, 0.6) is 0 Å². The van der Waals surface area contributed by atoms with Crippen LogP contribution in [0.4, 0.5) is 0 Å². The van der Waals surface area contributed by atoms with Crippen LogP contribution < -0.4 is 0 Å². The van der Waals surface area contributed by atoms with Gasteiger partial charge in [-0.15, -0.1) is 0 Å². The largest absolute Gasteiger partial charge is 0.460 e. The summed E-state index contributed by atoms with van der Waals surface area (Å²) in [5.41, 5.74) is 0. The molecule has 0 aromatic heterocycles. The summed E-state index contributed by atoms with van der Waals surface area (Å²) in [6.07, 6.45) is 5.18. The Morgan fingerprint density at radius 3 is 2.67 bits per heavy atom. The molecule has 3 nitrogen and oxygen atoms in total. The Labute approximate surface area is 92.5 Å². The number of hydrogen-bond acceptors (Lipinski definition) is 3. The second-order valence-corrected chi connectivity index (χ2v) is 3.36. The topological polar surface area (TPSA) is 35.5 Å². The lowest BCUT2D eigenvalue weighted by atomic mass is 10.1. The summed E-state index contributed by atoms with van der Waals surface area (Å²) in [5.74, 6) is -0.271. The molecular weight excluding hydrogens is 192 g/mol. The summed E-state index contributed by atoms with van der Waals surface area (Å²) in [6.45, 7) is 8.31. The smallest absolute Gasteiger partial charge is 0.335 e. The molecular formula is C12H22O3. The summed E-state index contributed by atoms with van der Waals surface area (Å²) < 4.78 is 10.3. The van der Waals surface area contributed by atoms with E-state index >= 15 is 0 Å². The average Bonchev–Trinajstić information content (AvgIpc) is 2.25. The molecule has 0 rings (SSSR count). The summed E-state index contributed by atoms with van der Waals surface area (Å²) in [7, 11) is 0. The normalized spacial score (nSPS) is 12.1. The van der Waals surface area contributed by atoms with Crippen LogP contribution in [0, 0.1) is 0 Å². The van der Waals surface area contributed by atoms with Crippen LogP contribution in [0.2, 0.25) is 0 Å². The van der Waals surface area contributed by atoms with Crippen LogP contribution in [0.15, 0.2) is 12.7 Å². The first-order chi connectivity index (χ1) is 7.26. The minimum absolute atomic E-state index is 0.260. The van der Waals surface area contributed by atoms with Crippen molar-refractivity contribution in [2.24, 2.45) is 0 Å². The molecule has 0 saturated carbocycles.